The van der Waals surface area contributed by atoms with Crippen LogP contribution in [0.1, 0.15) is 18.3 Å². The molecule has 0 fully saturated rings. The highest BCUT2D eigenvalue weighted by Gasteiger charge is 2.10. The summed E-state index contributed by atoms with van der Waals surface area (Å²) in [6.45, 7) is 6.05. The summed E-state index contributed by atoms with van der Waals surface area (Å²) in [6, 6.07) is 9.56. The highest BCUT2D eigenvalue weighted by Crippen LogP contribution is 2.26. The summed E-state index contributed by atoms with van der Waals surface area (Å²) < 4.78 is 0. The van der Waals surface area contributed by atoms with Crippen molar-refractivity contribution >= 4 is 23.4 Å². The van der Waals surface area contributed by atoms with E-state index in [1.54, 1.807) is 6.92 Å². The molecule has 1 unspecified atom stereocenters. The average Bonchev–Trinajstić information content (AvgIpc) is 2.47. The number of hydrogen-bond donors (Lipinski definition) is 2. The van der Waals surface area contributed by atoms with E-state index in [0.717, 1.165) is 27.1 Å². The third-order valence-corrected chi connectivity index (χ3v) is 3.97. The van der Waals surface area contributed by atoms with Gasteiger partial charge in [0.05, 0.1) is 0 Å². The van der Waals surface area contributed by atoms with Gasteiger partial charge in [-0.3, -0.25) is 4.79 Å². The molecule has 116 valence electrons. The van der Waals surface area contributed by atoms with E-state index < -0.39 is 0 Å². The Labute approximate surface area is 134 Å². The number of carbonyl (C=O) groups excluding carboxylic acids is 1. The highest BCUT2D eigenvalue weighted by molar-refractivity contribution is 7.99. The summed E-state index contributed by atoms with van der Waals surface area (Å²) in [5, 5.41) is 3.57. The van der Waals surface area contributed by atoms with Crippen LogP contribution in [0.4, 0.5) is 5.69 Å². The van der Waals surface area contributed by atoms with Crippen LogP contribution in [0.2, 0.25) is 0 Å². The van der Waals surface area contributed by atoms with Crippen LogP contribution in [0.5, 0.6) is 0 Å². The van der Waals surface area contributed by atoms with Gasteiger partial charge in [0.2, 0.25) is 5.91 Å². The fourth-order valence-corrected chi connectivity index (χ4v) is 2.69. The quantitative estimate of drug-likeness (QED) is 0.829. The molecule has 0 radical (unpaired) electrons. The minimum Gasteiger partial charge on any atom is -0.330 e. The van der Waals surface area contributed by atoms with Crippen molar-refractivity contribution in [2.75, 3.05) is 11.9 Å². The van der Waals surface area contributed by atoms with Gasteiger partial charge in [-0.25, -0.2) is 9.97 Å². The number of aromatic nitrogens is 2. The Morgan fingerprint density at radius 2 is 1.82 bits per heavy atom. The van der Waals surface area contributed by atoms with E-state index in [2.05, 4.69) is 15.3 Å². The molecule has 0 saturated heterocycles. The number of aryl methyl sites for hydroxylation is 2. The fourth-order valence-electron chi connectivity index (χ4n) is 1.82. The average molecular weight is 316 g/mol. The summed E-state index contributed by atoms with van der Waals surface area (Å²) in [5.41, 5.74) is 8.15. The number of nitrogens with two attached hydrogens (primary N) is 1. The SMILES string of the molecule is Cc1cc(C)nc(Sc2ccc(NC(=O)C(C)CN)cc2)n1. The second-order valence-electron chi connectivity index (χ2n) is 5.19. The van der Waals surface area contributed by atoms with Crippen molar-refractivity contribution in [3.63, 3.8) is 0 Å². The second-order valence-corrected chi connectivity index (χ2v) is 6.23. The molecule has 5 nitrogen and oxygen atoms in total. The Morgan fingerprint density at radius 3 is 2.36 bits per heavy atom. The molecule has 6 heteroatoms. The molecule has 0 aliphatic heterocycles. The Bertz CT molecular complexity index is 637. The smallest absolute Gasteiger partial charge is 0.228 e. The summed E-state index contributed by atoms with van der Waals surface area (Å²) in [7, 11) is 0. The van der Waals surface area contributed by atoms with Crippen molar-refractivity contribution in [1.29, 1.82) is 0 Å². The van der Waals surface area contributed by atoms with E-state index in [-0.39, 0.29) is 11.8 Å². The molecule has 0 saturated carbocycles. The molecule has 0 spiro atoms. The van der Waals surface area contributed by atoms with Gasteiger partial charge in [-0.15, -0.1) is 0 Å². The van der Waals surface area contributed by atoms with Crippen LogP contribution < -0.4 is 11.1 Å². The number of nitrogens with zero attached hydrogens (tertiary/aromatic N) is 2. The van der Waals surface area contributed by atoms with Gasteiger partial charge in [0.1, 0.15) is 0 Å². The van der Waals surface area contributed by atoms with Gasteiger partial charge in [-0.2, -0.15) is 0 Å². The lowest BCUT2D eigenvalue weighted by molar-refractivity contribution is -0.119. The lowest BCUT2D eigenvalue weighted by Crippen LogP contribution is -2.26. The van der Waals surface area contributed by atoms with Gasteiger partial charge in [-0.05, 0) is 55.9 Å². The molecule has 22 heavy (non-hydrogen) atoms. The Morgan fingerprint density at radius 1 is 1.23 bits per heavy atom. The van der Waals surface area contributed by atoms with Gasteiger partial charge < -0.3 is 11.1 Å². The van der Waals surface area contributed by atoms with E-state index in [0.29, 0.717) is 6.54 Å². The monoisotopic (exact) mass is 316 g/mol. The van der Waals surface area contributed by atoms with Crippen molar-refractivity contribution < 1.29 is 4.79 Å². The maximum atomic E-state index is 11.8. The Hall–Kier alpha value is -1.92. The number of amides is 1. The zero-order valence-electron chi connectivity index (χ0n) is 13.0. The molecule has 3 N–H and O–H groups in total. The lowest BCUT2D eigenvalue weighted by atomic mass is 10.1. The van der Waals surface area contributed by atoms with Crippen molar-refractivity contribution in [2.45, 2.75) is 30.8 Å². The largest absolute Gasteiger partial charge is 0.330 e. The first-order valence-corrected chi connectivity index (χ1v) is 7.90. The Balaban J connectivity index is 2.04. The lowest BCUT2D eigenvalue weighted by Gasteiger charge is -2.10. The summed E-state index contributed by atoms with van der Waals surface area (Å²) in [6.07, 6.45) is 0. The molecule has 0 aliphatic carbocycles. The number of rotatable bonds is 5. The number of anilines is 1. The molecule has 1 aromatic heterocycles. The van der Waals surface area contributed by atoms with Gasteiger partial charge in [0.25, 0.3) is 0 Å². The first-order valence-electron chi connectivity index (χ1n) is 7.09. The maximum absolute atomic E-state index is 11.8. The molecular formula is C16H20N4OS. The second kappa shape index (κ2) is 7.38. The molecule has 2 aromatic rings. The number of nitrogens with one attached hydrogen (secondary N) is 1. The number of carbonyl (C=O) groups is 1. The molecule has 1 aromatic carbocycles. The van der Waals surface area contributed by atoms with Crippen LogP contribution in [0.15, 0.2) is 40.4 Å². The van der Waals surface area contributed by atoms with E-state index in [9.17, 15) is 4.79 Å². The Kier molecular flexibility index (Phi) is 5.51. The minimum atomic E-state index is -0.197. The molecule has 0 aliphatic rings. The summed E-state index contributed by atoms with van der Waals surface area (Å²) in [4.78, 5) is 21.6. The van der Waals surface area contributed by atoms with Crippen molar-refractivity contribution in [1.82, 2.24) is 9.97 Å². The van der Waals surface area contributed by atoms with Crippen LogP contribution in [-0.4, -0.2) is 22.4 Å². The van der Waals surface area contributed by atoms with Crippen molar-refractivity contribution in [2.24, 2.45) is 11.7 Å². The van der Waals surface area contributed by atoms with Crippen molar-refractivity contribution in [3.05, 3.63) is 41.7 Å². The van der Waals surface area contributed by atoms with E-state index in [1.807, 2.05) is 44.2 Å². The van der Waals surface area contributed by atoms with Crippen molar-refractivity contribution in [3.8, 4) is 0 Å². The standard InChI is InChI=1S/C16H20N4OS/c1-10(9-17)15(21)20-13-4-6-14(7-5-13)22-16-18-11(2)8-12(3)19-16/h4-8,10H,9,17H2,1-3H3,(H,20,21). The first-order chi connectivity index (χ1) is 10.5. The van der Waals surface area contributed by atoms with Crippen LogP contribution in [-0.2, 0) is 4.79 Å². The number of benzene rings is 1. The molecular weight excluding hydrogens is 296 g/mol. The maximum Gasteiger partial charge on any atom is 0.228 e. The van der Waals surface area contributed by atoms with E-state index in [4.69, 9.17) is 5.73 Å². The van der Waals surface area contributed by atoms with Crippen LogP contribution >= 0.6 is 11.8 Å². The predicted molar refractivity (Wildman–Crippen MR) is 88.9 cm³/mol. The third kappa shape index (κ3) is 4.54. The first kappa shape index (κ1) is 16.5. The zero-order valence-corrected chi connectivity index (χ0v) is 13.8. The molecule has 1 amide bonds. The van der Waals surface area contributed by atoms with Crippen LogP contribution in [0.25, 0.3) is 0 Å². The minimum absolute atomic E-state index is 0.0689. The van der Waals surface area contributed by atoms with Gasteiger partial charge in [0, 0.05) is 34.4 Å². The van der Waals surface area contributed by atoms with Gasteiger partial charge in [-0.1, -0.05) is 6.92 Å². The van der Waals surface area contributed by atoms with Crippen LogP contribution in [0.3, 0.4) is 0 Å². The van der Waals surface area contributed by atoms with Gasteiger partial charge >= 0.3 is 0 Å². The zero-order chi connectivity index (χ0) is 16.1. The topological polar surface area (TPSA) is 80.9 Å². The molecule has 0 bridgehead atoms. The highest BCUT2D eigenvalue weighted by atomic mass is 32.2. The third-order valence-electron chi connectivity index (χ3n) is 3.09. The van der Waals surface area contributed by atoms with E-state index in [1.165, 1.54) is 11.8 Å². The molecule has 1 heterocycles. The number of hydrogen-bond acceptors (Lipinski definition) is 5. The van der Waals surface area contributed by atoms with Crippen LogP contribution in [0, 0.1) is 19.8 Å². The summed E-state index contributed by atoms with van der Waals surface area (Å²) in [5.74, 6) is -0.265. The van der Waals surface area contributed by atoms with Gasteiger partial charge in [0.15, 0.2) is 5.16 Å². The normalized spacial score (nSPS) is 12.0. The molecule has 2 rings (SSSR count). The fraction of sp³-hybridized carbons (Fsp3) is 0.312. The molecule has 1 atom stereocenters. The van der Waals surface area contributed by atoms with E-state index >= 15 is 0 Å². The summed E-state index contributed by atoms with van der Waals surface area (Å²) >= 11 is 1.50. The predicted octanol–water partition coefficient (Wildman–Crippen LogP) is 2.78.